The molecule has 0 fully saturated rings. The first-order valence-electron chi connectivity index (χ1n) is 10.4. The van der Waals surface area contributed by atoms with Crippen molar-refractivity contribution in [1.29, 1.82) is 0 Å². The van der Waals surface area contributed by atoms with Crippen molar-refractivity contribution in [1.82, 2.24) is 0 Å². The minimum Gasteiger partial charge on any atom is -0.457 e. The number of rotatable bonds is 7. The standard InChI is InChI=1S/C27H28O/c1-2-3-11-20-27(21-12-15-22-13-5-4-6-14-22)23-16-7-9-18-25(23)28-26-19-10-8-17-24(26)27/h3-11,13-14,16-19H,2,12,15,20-21H2,1H3/b11-3-. The van der Waals surface area contributed by atoms with Crippen molar-refractivity contribution < 1.29 is 4.74 Å². The molecule has 1 aliphatic heterocycles. The second-order valence-electron chi connectivity index (χ2n) is 7.60. The van der Waals surface area contributed by atoms with Crippen LogP contribution in [0.4, 0.5) is 0 Å². The number of para-hydroxylation sites is 2. The van der Waals surface area contributed by atoms with Gasteiger partial charge in [-0.2, -0.15) is 0 Å². The minimum atomic E-state index is -0.0358. The molecule has 3 aromatic carbocycles. The van der Waals surface area contributed by atoms with Gasteiger partial charge in [0.05, 0.1) is 0 Å². The van der Waals surface area contributed by atoms with E-state index in [-0.39, 0.29) is 5.41 Å². The van der Waals surface area contributed by atoms with E-state index in [1.165, 1.54) is 16.7 Å². The topological polar surface area (TPSA) is 9.23 Å². The molecule has 0 saturated heterocycles. The number of benzene rings is 3. The van der Waals surface area contributed by atoms with Gasteiger partial charge in [0.2, 0.25) is 0 Å². The fraction of sp³-hybridized carbons (Fsp3) is 0.259. The number of aryl methyl sites for hydroxylation is 1. The molecule has 0 saturated carbocycles. The summed E-state index contributed by atoms with van der Waals surface area (Å²) < 4.78 is 6.28. The van der Waals surface area contributed by atoms with Crippen LogP contribution in [-0.4, -0.2) is 0 Å². The van der Waals surface area contributed by atoms with Gasteiger partial charge in [-0.3, -0.25) is 0 Å². The van der Waals surface area contributed by atoms with Crippen molar-refractivity contribution in [3.63, 3.8) is 0 Å². The Bertz CT molecular complexity index is 894. The molecule has 1 heteroatoms. The van der Waals surface area contributed by atoms with Gasteiger partial charge in [-0.15, -0.1) is 0 Å². The van der Waals surface area contributed by atoms with Gasteiger partial charge in [-0.05, 0) is 49.8 Å². The van der Waals surface area contributed by atoms with Crippen LogP contribution in [0.5, 0.6) is 11.5 Å². The molecule has 0 atom stereocenters. The summed E-state index contributed by atoms with van der Waals surface area (Å²) in [4.78, 5) is 0. The highest BCUT2D eigenvalue weighted by molar-refractivity contribution is 5.57. The van der Waals surface area contributed by atoms with Crippen LogP contribution < -0.4 is 4.74 Å². The molecule has 28 heavy (non-hydrogen) atoms. The Kier molecular flexibility index (Phi) is 5.62. The molecule has 0 unspecified atom stereocenters. The summed E-state index contributed by atoms with van der Waals surface area (Å²) in [7, 11) is 0. The number of fused-ring (bicyclic) bond motifs is 2. The average molecular weight is 369 g/mol. The van der Waals surface area contributed by atoms with Crippen LogP contribution in [-0.2, 0) is 11.8 Å². The number of ether oxygens (including phenoxy) is 1. The van der Waals surface area contributed by atoms with Gasteiger partial charge in [0.1, 0.15) is 11.5 Å². The molecule has 0 spiro atoms. The molecule has 0 aromatic heterocycles. The second kappa shape index (κ2) is 8.48. The third-order valence-corrected chi connectivity index (χ3v) is 5.81. The van der Waals surface area contributed by atoms with Crippen LogP contribution in [0.3, 0.4) is 0 Å². The summed E-state index contributed by atoms with van der Waals surface area (Å²) in [5, 5.41) is 0. The predicted octanol–water partition coefficient (Wildman–Crippen LogP) is 7.46. The Hall–Kier alpha value is -2.80. The first-order chi connectivity index (χ1) is 13.8. The third-order valence-electron chi connectivity index (χ3n) is 5.81. The maximum Gasteiger partial charge on any atom is 0.131 e. The maximum atomic E-state index is 6.28. The first-order valence-corrected chi connectivity index (χ1v) is 10.4. The molecular formula is C27H28O. The summed E-state index contributed by atoms with van der Waals surface area (Å²) >= 11 is 0. The van der Waals surface area contributed by atoms with Crippen LogP contribution >= 0.6 is 0 Å². The lowest BCUT2D eigenvalue weighted by Gasteiger charge is -2.40. The van der Waals surface area contributed by atoms with Crippen LogP contribution in [0.1, 0.15) is 49.3 Å². The van der Waals surface area contributed by atoms with Gasteiger partial charge in [-0.25, -0.2) is 0 Å². The monoisotopic (exact) mass is 368 g/mol. The molecule has 1 nitrogen and oxygen atoms in total. The van der Waals surface area contributed by atoms with Gasteiger partial charge in [0, 0.05) is 16.5 Å². The molecule has 4 rings (SSSR count). The van der Waals surface area contributed by atoms with E-state index in [1.54, 1.807) is 0 Å². The van der Waals surface area contributed by atoms with E-state index in [9.17, 15) is 0 Å². The Morgan fingerprint density at radius 2 is 1.36 bits per heavy atom. The summed E-state index contributed by atoms with van der Waals surface area (Å²) in [5.74, 6) is 2.01. The molecule has 0 amide bonds. The Labute approximate surface area is 168 Å². The average Bonchev–Trinajstić information content (AvgIpc) is 2.75. The summed E-state index contributed by atoms with van der Waals surface area (Å²) in [5.41, 5.74) is 4.02. The molecule has 3 aromatic rings. The largest absolute Gasteiger partial charge is 0.457 e. The van der Waals surface area contributed by atoms with E-state index in [1.807, 2.05) is 0 Å². The highest BCUT2D eigenvalue weighted by Crippen LogP contribution is 2.52. The van der Waals surface area contributed by atoms with Gasteiger partial charge in [-0.1, -0.05) is 85.8 Å². The molecule has 0 N–H and O–H groups in total. The zero-order chi connectivity index (χ0) is 19.2. The van der Waals surface area contributed by atoms with Gasteiger partial charge in [0.15, 0.2) is 0 Å². The van der Waals surface area contributed by atoms with Crippen molar-refractivity contribution in [2.45, 2.75) is 44.4 Å². The van der Waals surface area contributed by atoms with Crippen molar-refractivity contribution in [3.8, 4) is 11.5 Å². The lowest BCUT2D eigenvalue weighted by Crippen LogP contribution is -2.31. The highest BCUT2D eigenvalue weighted by atomic mass is 16.5. The van der Waals surface area contributed by atoms with E-state index in [0.29, 0.717) is 0 Å². The SMILES string of the molecule is CC/C=C\CC1(CCCc2ccccc2)c2ccccc2Oc2ccccc21. The predicted molar refractivity (Wildman–Crippen MR) is 117 cm³/mol. The van der Waals surface area contributed by atoms with E-state index in [2.05, 4.69) is 97.9 Å². The van der Waals surface area contributed by atoms with E-state index < -0.39 is 0 Å². The molecule has 0 aliphatic carbocycles. The van der Waals surface area contributed by atoms with E-state index in [4.69, 9.17) is 4.74 Å². The zero-order valence-electron chi connectivity index (χ0n) is 16.6. The fourth-order valence-electron chi connectivity index (χ4n) is 4.45. The minimum absolute atomic E-state index is 0.0358. The molecule has 142 valence electrons. The van der Waals surface area contributed by atoms with Gasteiger partial charge < -0.3 is 4.74 Å². The highest BCUT2D eigenvalue weighted by Gasteiger charge is 2.40. The van der Waals surface area contributed by atoms with Crippen LogP contribution in [0.15, 0.2) is 91.0 Å². The lowest BCUT2D eigenvalue weighted by molar-refractivity contribution is 0.369. The Morgan fingerprint density at radius 1 is 0.750 bits per heavy atom. The smallest absolute Gasteiger partial charge is 0.131 e. The maximum absolute atomic E-state index is 6.28. The molecule has 0 bridgehead atoms. The number of hydrogen-bond donors (Lipinski definition) is 0. The van der Waals surface area contributed by atoms with Crippen molar-refractivity contribution in [2.75, 3.05) is 0 Å². The summed E-state index contributed by atoms with van der Waals surface area (Å²) in [6, 6.07) is 28.0. The van der Waals surface area contributed by atoms with E-state index >= 15 is 0 Å². The Balaban J connectivity index is 1.73. The summed E-state index contributed by atoms with van der Waals surface area (Å²) in [6.07, 6.45) is 10.1. The zero-order valence-corrected chi connectivity index (χ0v) is 16.6. The van der Waals surface area contributed by atoms with Crippen molar-refractivity contribution in [2.24, 2.45) is 0 Å². The molecule has 1 heterocycles. The van der Waals surface area contributed by atoms with Crippen molar-refractivity contribution >= 4 is 0 Å². The number of allylic oxidation sites excluding steroid dienone is 2. The van der Waals surface area contributed by atoms with Crippen molar-refractivity contribution in [3.05, 3.63) is 108 Å². The van der Waals surface area contributed by atoms with Gasteiger partial charge >= 0.3 is 0 Å². The first kappa shape index (κ1) is 18.6. The summed E-state index contributed by atoms with van der Waals surface area (Å²) in [6.45, 7) is 2.20. The molecule has 1 aliphatic rings. The van der Waals surface area contributed by atoms with Gasteiger partial charge in [0.25, 0.3) is 0 Å². The molecular weight excluding hydrogens is 340 g/mol. The molecule has 0 radical (unpaired) electrons. The van der Waals surface area contributed by atoms with Crippen LogP contribution in [0.2, 0.25) is 0 Å². The Morgan fingerprint density at radius 3 is 2.00 bits per heavy atom. The third kappa shape index (κ3) is 3.62. The lowest BCUT2D eigenvalue weighted by atomic mass is 9.67. The normalized spacial score (nSPS) is 14.3. The second-order valence-corrected chi connectivity index (χ2v) is 7.60. The van der Waals surface area contributed by atoms with Crippen LogP contribution in [0.25, 0.3) is 0 Å². The quantitative estimate of drug-likeness (QED) is 0.393. The van der Waals surface area contributed by atoms with E-state index in [0.717, 1.165) is 43.6 Å². The van der Waals surface area contributed by atoms with Crippen LogP contribution in [0, 0.1) is 0 Å². The fourth-order valence-corrected chi connectivity index (χ4v) is 4.45. The number of hydrogen-bond acceptors (Lipinski definition) is 1.